The molecule has 1 fully saturated rings. The van der Waals surface area contributed by atoms with E-state index in [9.17, 15) is 9.59 Å². The third-order valence-corrected chi connectivity index (χ3v) is 4.38. The summed E-state index contributed by atoms with van der Waals surface area (Å²) in [5.74, 6) is 0.221. The van der Waals surface area contributed by atoms with Gasteiger partial charge in [-0.3, -0.25) is 4.79 Å². The summed E-state index contributed by atoms with van der Waals surface area (Å²) in [5, 5.41) is 8.18. The molecule has 126 valence electrons. The Labute approximate surface area is 142 Å². The van der Waals surface area contributed by atoms with Crippen molar-refractivity contribution in [3.05, 3.63) is 48.0 Å². The maximum absolute atomic E-state index is 12.1. The van der Waals surface area contributed by atoms with Gasteiger partial charge in [0.2, 0.25) is 5.91 Å². The molecule has 2 N–H and O–H groups in total. The average Bonchev–Trinajstić information content (AvgIpc) is 2.60. The lowest BCUT2D eigenvalue weighted by molar-refractivity contribution is -0.123. The van der Waals surface area contributed by atoms with Crippen LogP contribution < -0.4 is 10.6 Å². The van der Waals surface area contributed by atoms with Crippen LogP contribution in [-0.2, 0) is 11.2 Å². The van der Waals surface area contributed by atoms with E-state index in [1.807, 2.05) is 6.07 Å². The first-order valence-corrected chi connectivity index (χ1v) is 8.39. The van der Waals surface area contributed by atoms with Crippen molar-refractivity contribution in [1.29, 1.82) is 0 Å². The molecule has 1 aliphatic heterocycles. The summed E-state index contributed by atoms with van der Waals surface area (Å²) in [6.45, 7) is 3.96. The van der Waals surface area contributed by atoms with Crippen molar-refractivity contribution in [2.45, 2.75) is 13.3 Å². The van der Waals surface area contributed by atoms with Crippen molar-refractivity contribution < 1.29 is 9.59 Å². The van der Waals surface area contributed by atoms with Crippen LogP contribution in [0.1, 0.15) is 12.5 Å². The first kappa shape index (κ1) is 16.3. The minimum absolute atomic E-state index is 0.0970. The van der Waals surface area contributed by atoms with Gasteiger partial charge in [-0.1, -0.05) is 49.4 Å². The highest BCUT2D eigenvalue weighted by Gasteiger charge is 2.21. The molecule has 0 aliphatic carbocycles. The Morgan fingerprint density at radius 2 is 2.04 bits per heavy atom. The number of nitrogens with zero attached hydrogens (tertiary/aromatic N) is 1. The molecule has 1 saturated heterocycles. The number of amides is 3. The number of rotatable bonds is 4. The molecule has 1 atom stereocenters. The van der Waals surface area contributed by atoms with E-state index < -0.39 is 0 Å². The smallest absolute Gasteiger partial charge is 0.317 e. The van der Waals surface area contributed by atoms with Crippen LogP contribution in [0.15, 0.2) is 42.5 Å². The van der Waals surface area contributed by atoms with E-state index in [-0.39, 0.29) is 18.5 Å². The van der Waals surface area contributed by atoms with Crippen molar-refractivity contribution >= 4 is 22.7 Å². The molecule has 0 unspecified atom stereocenters. The summed E-state index contributed by atoms with van der Waals surface area (Å²) < 4.78 is 0. The normalized spacial score (nSPS) is 15.9. The van der Waals surface area contributed by atoms with E-state index in [2.05, 4.69) is 54.0 Å². The van der Waals surface area contributed by atoms with Gasteiger partial charge in [-0.25, -0.2) is 4.79 Å². The second-order valence-electron chi connectivity index (χ2n) is 6.41. The van der Waals surface area contributed by atoms with Gasteiger partial charge in [0.1, 0.15) is 6.54 Å². The zero-order valence-electron chi connectivity index (χ0n) is 13.9. The van der Waals surface area contributed by atoms with Gasteiger partial charge in [-0.05, 0) is 28.7 Å². The lowest BCUT2D eigenvalue weighted by Crippen LogP contribution is -2.53. The largest absolute Gasteiger partial charge is 0.353 e. The van der Waals surface area contributed by atoms with Gasteiger partial charge in [-0.15, -0.1) is 0 Å². The summed E-state index contributed by atoms with van der Waals surface area (Å²) in [6.07, 6.45) is 0.905. The van der Waals surface area contributed by atoms with Gasteiger partial charge in [0.05, 0.1) is 0 Å². The monoisotopic (exact) mass is 325 g/mol. The number of urea groups is 1. The zero-order chi connectivity index (χ0) is 16.9. The quantitative estimate of drug-likeness (QED) is 0.905. The molecule has 0 saturated carbocycles. The maximum Gasteiger partial charge on any atom is 0.317 e. The minimum Gasteiger partial charge on any atom is -0.353 e. The highest BCUT2D eigenvalue weighted by molar-refractivity contribution is 5.86. The number of piperazine rings is 1. The number of carbonyl (C=O) groups excluding carboxylic acids is 2. The van der Waals surface area contributed by atoms with Gasteiger partial charge < -0.3 is 15.5 Å². The molecule has 0 radical (unpaired) electrons. The lowest BCUT2D eigenvalue weighted by Gasteiger charge is -2.27. The van der Waals surface area contributed by atoms with Crippen molar-refractivity contribution in [1.82, 2.24) is 15.5 Å². The van der Waals surface area contributed by atoms with E-state index >= 15 is 0 Å². The maximum atomic E-state index is 12.1. The summed E-state index contributed by atoms with van der Waals surface area (Å²) >= 11 is 0. The lowest BCUT2D eigenvalue weighted by atomic mass is 9.96. The number of benzene rings is 2. The molecular formula is C19H23N3O2. The van der Waals surface area contributed by atoms with Crippen molar-refractivity contribution in [2.24, 2.45) is 5.92 Å². The number of nitrogens with one attached hydrogen (secondary N) is 2. The Morgan fingerprint density at radius 1 is 1.25 bits per heavy atom. The van der Waals surface area contributed by atoms with Crippen molar-refractivity contribution in [2.75, 3.05) is 26.2 Å². The highest BCUT2D eigenvalue weighted by atomic mass is 16.2. The molecule has 1 heterocycles. The number of hydrogen-bond donors (Lipinski definition) is 2. The van der Waals surface area contributed by atoms with Crippen molar-refractivity contribution in [3.8, 4) is 0 Å². The van der Waals surface area contributed by atoms with E-state index in [1.165, 1.54) is 16.3 Å². The van der Waals surface area contributed by atoms with Gasteiger partial charge >= 0.3 is 6.03 Å². The fourth-order valence-electron chi connectivity index (χ4n) is 3.10. The number of fused-ring (bicyclic) bond motifs is 1. The summed E-state index contributed by atoms with van der Waals surface area (Å²) in [4.78, 5) is 25.1. The first-order valence-electron chi connectivity index (χ1n) is 8.39. The van der Waals surface area contributed by atoms with Gasteiger partial charge in [0.15, 0.2) is 0 Å². The molecule has 24 heavy (non-hydrogen) atoms. The molecule has 0 spiro atoms. The third-order valence-electron chi connectivity index (χ3n) is 4.38. The van der Waals surface area contributed by atoms with Crippen molar-refractivity contribution in [3.63, 3.8) is 0 Å². The number of hydrogen-bond acceptors (Lipinski definition) is 2. The molecule has 5 heteroatoms. The average molecular weight is 325 g/mol. The van der Waals surface area contributed by atoms with E-state index in [4.69, 9.17) is 0 Å². The Kier molecular flexibility index (Phi) is 4.99. The molecule has 2 aromatic rings. The summed E-state index contributed by atoms with van der Waals surface area (Å²) in [6, 6.07) is 14.5. The Bertz CT molecular complexity index is 739. The Hall–Kier alpha value is -2.56. The Morgan fingerprint density at radius 3 is 2.88 bits per heavy atom. The standard InChI is InChI=1S/C19H23N3O2/c1-14(12-21-19(24)22-10-9-20-18(23)13-22)11-16-7-4-6-15-5-2-3-8-17(15)16/h2-8,14H,9-13H2,1H3,(H,20,23)(H,21,24)/t14-/m1/s1. The molecule has 2 aromatic carbocycles. The molecule has 1 aliphatic rings. The van der Waals surface area contributed by atoms with E-state index in [0.717, 1.165) is 6.42 Å². The second-order valence-corrected chi connectivity index (χ2v) is 6.41. The minimum atomic E-state index is -0.158. The van der Waals surface area contributed by atoms with Crippen LogP contribution in [0.25, 0.3) is 10.8 Å². The van der Waals surface area contributed by atoms with E-state index in [1.54, 1.807) is 4.90 Å². The molecule has 3 rings (SSSR count). The van der Waals surface area contributed by atoms with Gasteiger partial charge in [0, 0.05) is 19.6 Å². The van der Waals surface area contributed by atoms with Crippen LogP contribution in [0.2, 0.25) is 0 Å². The SMILES string of the molecule is C[C@@H](CNC(=O)N1CCNC(=O)C1)Cc1cccc2ccccc12. The molecule has 0 bridgehead atoms. The molecule has 0 aromatic heterocycles. The molecular weight excluding hydrogens is 302 g/mol. The van der Waals surface area contributed by atoms with Crippen LogP contribution >= 0.6 is 0 Å². The number of carbonyl (C=O) groups is 2. The van der Waals surface area contributed by atoms with Crippen LogP contribution in [0.4, 0.5) is 4.79 Å². The van der Waals surface area contributed by atoms with Crippen LogP contribution in [-0.4, -0.2) is 43.0 Å². The van der Waals surface area contributed by atoms with E-state index in [0.29, 0.717) is 25.6 Å². The predicted molar refractivity (Wildman–Crippen MR) is 94.8 cm³/mol. The second kappa shape index (κ2) is 7.34. The van der Waals surface area contributed by atoms with Crippen LogP contribution in [0.3, 0.4) is 0 Å². The Balaban J connectivity index is 1.56. The van der Waals surface area contributed by atoms with Crippen LogP contribution in [0, 0.1) is 5.92 Å². The zero-order valence-corrected chi connectivity index (χ0v) is 13.9. The van der Waals surface area contributed by atoms with Crippen LogP contribution in [0.5, 0.6) is 0 Å². The summed E-state index contributed by atoms with van der Waals surface area (Å²) in [7, 11) is 0. The third kappa shape index (κ3) is 3.85. The fourth-order valence-corrected chi connectivity index (χ4v) is 3.10. The van der Waals surface area contributed by atoms with Gasteiger partial charge in [0.25, 0.3) is 0 Å². The topological polar surface area (TPSA) is 61.4 Å². The fraction of sp³-hybridized carbons (Fsp3) is 0.368. The first-order chi connectivity index (χ1) is 11.6. The highest BCUT2D eigenvalue weighted by Crippen LogP contribution is 2.21. The molecule has 5 nitrogen and oxygen atoms in total. The predicted octanol–water partition coefficient (Wildman–Crippen LogP) is 2.16. The summed E-state index contributed by atoms with van der Waals surface area (Å²) in [5.41, 5.74) is 1.30. The van der Waals surface area contributed by atoms with Gasteiger partial charge in [-0.2, -0.15) is 0 Å². The molecule has 3 amide bonds.